The van der Waals surface area contributed by atoms with E-state index in [1.165, 1.54) is 0 Å². The molecule has 0 fully saturated rings. The van der Waals surface area contributed by atoms with Crippen LogP contribution in [0.1, 0.15) is 0 Å². The van der Waals surface area contributed by atoms with E-state index in [2.05, 4.69) is 26.9 Å². The second-order valence-corrected chi connectivity index (χ2v) is 5.02. The van der Waals surface area contributed by atoms with Crippen molar-refractivity contribution in [3.05, 3.63) is 67.3 Å². The molecule has 0 saturated carbocycles. The molecule has 0 radical (unpaired) electrons. The first-order chi connectivity index (χ1) is 11.4. The maximum atomic E-state index is 4.42. The van der Waals surface area contributed by atoms with Crippen LogP contribution in [0.2, 0.25) is 0 Å². The molecule has 4 aromatic rings. The van der Waals surface area contributed by atoms with Crippen molar-refractivity contribution in [1.82, 2.24) is 24.5 Å². The van der Waals surface area contributed by atoms with Crippen molar-refractivity contribution in [1.29, 1.82) is 0 Å². The van der Waals surface area contributed by atoms with Crippen molar-refractivity contribution >= 4 is 12.5 Å². The van der Waals surface area contributed by atoms with Gasteiger partial charge in [0.15, 0.2) is 5.82 Å². The fourth-order valence-electron chi connectivity index (χ4n) is 2.51. The third kappa shape index (κ3) is 2.26. The number of hydrogen-bond donors (Lipinski definition) is 1. The Morgan fingerprint density at radius 1 is 1.00 bits per heavy atom. The molecule has 6 nitrogen and oxygen atoms in total. The van der Waals surface area contributed by atoms with Crippen molar-refractivity contribution in [2.45, 2.75) is 0 Å². The highest BCUT2D eigenvalue weighted by Crippen LogP contribution is 2.31. The van der Waals surface area contributed by atoms with E-state index in [1.807, 2.05) is 59.5 Å². The SMILES string of the molecule is C=Nc1c(-c2cnn(-c3ccccc3)c2)cnn1-c1ccc[nH]1. The van der Waals surface area contributed by atoms with Gasteiger partial charge in [0.2, 0.25) is 0 Å². The second kappa shape index (κ2) is 5.42. The zero-order valence-corrected chi connectivity index (χ0v) is 12.3. The molecule has 112 valence electrons. The summed E-state index contributed by atoms with van der Waals surface area (Å²) in [6.07, 6.45) is 7.38. The molecule has 0 spiro atoms. The van der Waals surface area contributed by atoms with E-state index >= 15 is 0 Å². The van der Waals surface area contributed by atoms with Crippen molar-refractivity contribution < 1.29 is 0 Å². The summed E-state index contributed by atoms with van der Waals surface area (Å²) in [4.78, 5) is 7.25. The number of benzene rings is 1. The average molecular weight is 302 g/mol. The lowest BCUT2D eigenvalue weighted by atomic mass is 10.2. The Hall–Kier alpha value is -3.41. The largest absolute Gasteiger partial charge is 0.347 e. The number of aromatic amines is 1. The van der Waals surface area contributed by atoms with E-state index in [1.54, 1.807) is 17.1 Å². The zero-order chi connectivity index (χ0) is 15.6. The molecule has 1 aromatic carbocycles. The van der Waals surface area contributed by atoms with E-state index in [0.29, 0.717) is 5.82 Å². The topological polar surface area (TPSA) is 63.8 Å². The third-order valence-corrected chi connectivity index (χ3v) is 3.62. The highest BCUT2D eigenvalue weighted by molar-refractivity contribution is 5.74. The predicted molar refractivity (Wildman–Crippen MR) is 89.7 cm³/mol. The van der Waals surface area contributed by atoms with Gasteiger partial charge in [-0.25, -0.2) is 9.67 Å². The average Bonchev–Trinajstić information content (AvgIpc) is 3.33. The summed E-state index contributed by atoms with van der Waals surface area (Å²) < 4.78 is 3.55. The molecule has 0 atom stereocenters. The van der Waals surface area contributed by atoms with Crippen LogP contribution >= 0.6 is 0 Å². The lowest BCUT2D eigenvalue weighted by Gasteiger charge is -2.02. The molecule has 23 heavy (non-hydrogen) atoms. The lowest BCUT2D eigenvalue weighted by molar-refractivity contribution is 0.856. The molecule has 0 amide bonds. The number of para-hydroxylation sites is 1. The number of nitrogens with one attached hydrogen (secondary N) is 1. The number of nitrogens with zero attached hydrogens (tertiary/aromatic N) is 5. The van der Waals surface area contributed by atoms with Crippen molar-refractivity contribution in [2.24, 2.45) is 4.99 Å². The molecular weight excluding hydrogens is 288 g/mol. The summed E-state index contributed by atoms with van der Waals surface area (Å²) >= 11 is 0. The third-order valence-electron chi connectivity index (χ3n) is 3.62. The highest BCUT2D eigenvalue weighted by atomic mass is 15.3. The monoisotopic (exact) mass is 302 g/mol. The number of rotatable bonds is 4. The highest BCUT2D eigenvalue weighted by Gasteiger charge is 2.15. The number of aliphatic imine (C=N–C) groups is 1. The first kappa shape index (κ1) is 13.3. The van der Waals surface area contributed by atoms with Gasteiger partial charge >= 0.3 is 0 Å². The molecule has 0 unspecified atom stereocenters. The van der Waals surface area contributed by atoms with Crippen LogP contribution in [0.4, 0.5) is 5.82 Å². The van der Waals surface area contributed by atoms with Crippen LogP contribution in [0, 0.1) is 0 Å². The summed E-state index contributed by atoms with van der Waals surface area (Å²) in [5.74, 6) is 1.52. The lowest BCUT2D eigenvalue weighted by Crippen LogP contribution is -1.95. The maximum absolute atomic E-state index is 4.42. The fraction of sp³-hybridized carbons (Fsp3) is 0. The van der Waals surface area contributed by atoms with Gasteiger partial charge in [-0.15, -0.1) is 0 Å². The van der Waals surface area contributed by atoms with E-state index < -0.39 is 0 Å². The first-order valence-corrected chi connectivity index (χ1v) is 7.16. The Balaban J connectivity index is 1.77. The van der Waals surface area contributed by atoms with Crippen LogP contribution in [0.3, 0.4) is 0 Å². The Morgan fingerprint density at radius 2 is 1.87 bits per heavy atom. The van der Waals surface area contributed by atoms with Gasteiger partial charge in [0.25, 0.3) is 0 Å². The minimum Gasteiger partial charge on any atom is -0.347 e. The quantitative estimate of drug-likeness (QED) is 0.587. The zero-order valence-electron chi connectivity index (χ0n) is 12.3. The van der Waals surface area contributed by atoms with Gasteiger partial charge in [-0.2, -0.15) is 14.9 Å². The van der Waals surface area contributed by atoms with Gasteiger partial charge < -0.3 is 4.98 Å². The molecule has 0 aliphatic carbocycles. The van der Waals surface area contributed by atoms with E-state index in [-0.39, 0.29) is 0 Å². The van der Waals surface area contributed by atoms with Crippen LogP contribution < -0.4 is 0 Å². The van der Waals surface area contributed by atoms with Crippen molar-refractivity contribution in [3.63, 3.8) is 0 Å². The molecule has 1 N–H and O–H groups in total. The van der Waals surface area contributed by atoms with Crippen LogP contribution in [0.15, 0.2) is 72.2 Å². The molecule has 3 aromatic heterocycles. The number of aromatic nitrogens is 5. The van der Waals surface area contributed by atoms with Crippen LogP contribution in [0.5, 0.6) is 0 Å². The number of H-pyrrole nitrogens is 1. The van der Waals surface area contributed by atoms with Gasteiger partial charge in [0.05, 0.1) is 18.1 Å². The van der Waals surface area contributed by atoms with Gasteiger partial charge in [0.1, 0.15) is 5.82 Å². The maximum Gasteiger partial charge on any atom is 0.164 e. The Bertz CT molecular complexity index is 931. The summed E-state index contributed by atoms with van der Waals surface area (Å²) in [5.41, 5.74) is 2.83. The molecule has 4 rings (SSSR count). The predicted octanol–water partition coefficient (Wildman–Crippen LogP) is 3.39. The standard InChI is InChI=1S/C17H14N6/c1-18-17-15(11-21-23(17)16-8-5-9-19-16)13-10-20-22(12-13)14-6-3-2-4-7-14/h2-12,19H,1H2. The van der Waals surface area contributed by atoms with Crippen molar-refractivity contribution in [3.8, 4) is 22.6 Å². The summed E-state index contributed by atoms with van der Waals surface area (Å²) in [6, 6.07) is 13.8. The number of hydrogen-bond acceptors (Lipinski definition) is 3. The van der Waals surface area contributed by atoms with Gasteiger partial charge in [-0.3, -0.25) is 0 Å². The summed E-state index contributed by atoms with van der Waals surface area (Å²) in [5, 5.41) is 8.82. The van der Waals surface area contributed by atoms with Crippen molar-refractivity contribution in [2.75, 3.05) is 0 Å². The van der Waals surface area contributed by atoms with Crippen LogP contribution in [-0.4, -0.2) is 31.3 Å². The van der Waals surface area contributed by atoms with E-state index in [4.69, 9.17) is 0 Å². The molecule has 0 bridgehead atoms. The minimum atomic E-state index is 0.681. The fourth-order valence-corrected chi connectivity index (χ4v) is 2.51. The smallest absolute Gasteiger partial charge is 0.164 e. The van der Waals surface area contributed by atoms with Crippen LogP contribution in [-0.2, 0) is 0 Å². The summed E-state index contributed by atoms with van der Waals surface area (Å²) in [7, 11) is 0. The van der Waals surface area contributed by atoms with Gasteiger partial charge in [-0.1, -0.05) is 18.2 Å². The molecular formula is C17H14N6. The molecule has 6 heteroatoms. The first-order valence-electron chi connectivity index (χ1n) is 7.16. The van der Waals surface area contributed by atoms with E-state index in [9.17, 15) is 0 Å². The minimum absolute atomic E-state index is 0.681. The van der Waals surface area contributed by atoms with Crippen LogP contribution in [0.25, 0.3) is 22.6 Å². The van der Waals surface area contributed by atoms with Gasteiger partial charge in [0, 0.05) is 23.5 Å². The molecule has 0 aliphatic heterocycles. The molecule has 0 saturated heterocycles. The Morgan fingerprint density at radius 3 is 2.61 bits per heavy atom. The normalized spacial score (nSPS) is 10.8. The molecule has 0 aliphatic rings. The van der Waals surface area contributed by atoms with Gasteiger partial charge in [-0.05, 0) is 31.0 Å². The second-order valence-electron chi connectivity index (χ2n) is 5.02. The summed E-state index contributed by atoms with van der Waals surface area (Å²) in [6.45, 7) is 3.67. The Kier molecular flexibility index (Phi) is 3.12. The Labute approximate surface area is 132 Å². The molecule has 3 heterocycles. The van der Waals surface area contributed by atoms with E-state index in [0.717, 1.165) is 22.6 Å².